The number of hydrogen-bond donors (Lipinski definition) is 3. The number of nitrogens with zero attached hydrogens (tertiary/aromatic N) is 1. The molecule has 1 fully saturated rings. The molecule has 3 N–H and O–H groups in total. The van der Waals surface area contributed by atoms with Gasteiger partial charge in [-0.15, -0.1) is 0 Å². The van der Waals surface area contributed by atoms with Gasteiger partial charge in [-0.3, -0.25) is 9.59 Å². The van der Waals surface area contributed by atoms with E-state index in [4.69, 9.17) is 10.2 Å². The van der Waals surface area contributed by atoms with Crippen molar-refractivity contribution in [3.8, 4) is 0 Å². The van der Waals surface area contributed by atoms with E-state index in [0.29, 0.717) is 11.7 Å². The van der Waals surface area contributed by atoms with E-state index in [-0.39, 0.29) is 0 Å². The molecule has 0 aromatic carbocycles. The Kier molecular flexibility index (Phi) is 3.55. The van der Waals surface area contributed by atoms with Gasteiger partial charge in [0.2, 0.25) is 0 Å². The van der Waals surface area contributed by atoms with Crippen molar-refractivity contribution in [2.75, 3.05) is 0 Å². The number of carboxylic acid groups (broad SMARTS) is 2. The second-order valence-corrected chi connectivity index (χ2v) is 4.49. The fourth-order valence-corrected chi connectivity index (χ4v) is 1.86. The van der Waals surface area contributed by atoms with Crippen molar-refractivity contribution < 1.29 is 24.6 Å². The number of aliphatic carboxylic acids is 2. The van der Waals surface area contributed by atoms with Gasteiger partial charge in [0.05, 0.1) is 6.42 Å². The summed E-state index contributed by atoms with van der Waals surface area (Å²) in [5, 5.41) is 19.7. The lowest BCUT2D eigenvalue weighted by atomic mass is 10.2. The van der Waals surface area contributed by atoms with Gasteiger partial charge in [-0.05, 0) is 25.0 Å². The second-order valence-electron chi connectivity index (χ2n) is 4.49. The van der Waals surface area contributed by atoms with Gasteiger partial charge in [0.15, 0.2) is 0 Å². The van der Waals surface area contributed by atoms with E-state index in [9.17, 15) is 14.4 Å². The zero-order valence-electron chi connectivity index (χ0n) is 10.1. The number of nitrogens with one attached hydrogen (secondary N) is 1. The van der Waals surface area contributed by atoms with Crippen molar-refractivity contribution in [1.82, 2.24) is 9.88 Å². The summed E-state index contributed by atoms with van der Waals surface area (Å²) < 4.78 is 1.79. The van der Waals surface area contributed by atoms with Gasteiger partial charge >= 0.3 is 11.9 Å². The van der Waals surface area contributed by atoms with Crippen molar-refractivity contribution in [1.29, 1.82) is 0 Å². The molecule has 1 aliphatic rings. The highest BCUT2D eigenvalue weighted by Crippen LogP contribution is 2.35. The van der Waals surface area contributed by atoms with E-state index < -0.39 is 30.3 Å². The van der Waals surface area contributed by atoms with Crippen LogP contribution in [0.1, 0.15) is 35.8 Å². The standard InChI is InChI=1S/C12H14N2O5/c15-10(16)6-8(12(18)19)13-11(17)9-2-1-5-14(9)7-3-4-7/h1-2,5,7-8H,3-4,6H2,(H,13,17)(H,15,16)(H,18,19)/t8-/m1/s1. The summed E-state index contributed by atoms with van der Waals surface area (Å²) in [5.41, 5.74) is 0.360. The number of carbonyl (C=O) groups is 3. The summed E-state index contributed by atoms with van der Waals surface area (Å²) in [6, 6.07) is 2.17. The van der Waals surface area contributed by atoms with Crippen molar-refractivity contribution in [3.05, 3.63) is 24.0 Å². The Balaban J connectivity index is 2.08. The largest absolute Gasteiger partial charge is 0.481 e. The fourth-order valence-electron chi connectivity index (χ4n) is 1.86. The van der Waals surface area contributed by atoms with Gasteiger partial charge in [-0.25, -0.2) is 4.79 Å². The molecule has 0 radical (unpaired) electrons. The van der Waals surface area contributed by atoms with E-state index in [2.05, 4.69) is 5.32 Å². The van der Waals surface area contributed by atoms with Gasteiger partial charge < -0.3 is 20.1 Å². The summed E-state index contributed by atoms with van der Waals surface area (Å²) in [6.45, 7) is 0. The number of carboxylic acids is 2. The van der Waals surface area contributed by atoms with Gasteiger partial charge in [-0.1, -0.05) is 0 Å². The second kappa shape index (κ2) is 5.13. The Bertz CT molecular complexity index is 518. The quantitative estimate of drug-likeness (QED) is 0.694. The minimum atomic E-state index is -1.42. The van der Waals surface area contributed by atoms with Crippen LogP contribution in [-0.4, -0.2) is 38.7 Å². The van der Waals surface area contributed by atoms with Crippen molar-refractivity contribution >= 4 is 17.8 Å². The lowest BCUT2D eigenvalue weighted by molar-refractivity contribution is -0.145. The number of hydrogen-bond acceptors (Lipinski definition) is 3. The molecule has 0 bridgehead atoms. The molecule has 1 heterocycles. The van der Waals surface area contributed by atoms with Gasteiger partial charge in [0, 0.05) is 12.2 Å². The summed E-state index contributed by atoms with van der Waals surface area (Å²) in [5.74, 6) is -3.20. The van der Waals surface area contributed by atoms with E-state index in [1.807, 2.05) is 0 Å². The Labute approximate surface area is 108 Å². The van der Waals surface area contributed by atoms with Crippen LogP contribution in [0.2, 0.25) is 0 Å². The number of carbonyl (C=O) groups excluding carboxylic acids is 1. The van der Waals surface area contributed by atoms with Gasteiger partial charge in [0.25, 0.3) is 5.91 Å². The van der Waals surface area contributed by atoms with Crippen molar-refractivity contribution in [3.63, 3.8) is 0 Å². The number of amides is 1. The molecule has 2 rings (SSSR count). The molecule has 0 spiro atoms. The fraction of sp³-hybridized carbons (Fsp3) is 0.417. The van der Waals surface area contributed by atoms with Crippen LogP contribution in [0.15, 0.2) is 18.3 Å². The van der Waals surface area contributed by atoms with Crippen molar-refractivity contribution in [2.45, 2.75) is 31.3 Å². The first-order chi connectivity index (χ1) is 8.99. The molecular weight excluding hydrogens is 252 g/mol. The molecule has 19 heavy (non-hydrogen) atoms. The smallest absolute Gasteiger partial charge is 0.326 e. The molecule has 1 atom stereocenters. The monoisotopic (exact) mass is 266 g/mol. The molecule has 0 aliphatic heterocycles. The maximum absolute atomic E-state index is 12.0. The summed E-state index contributed by atoms with van der Waals surface area (Å²) >= 11 is 0. The normalized spacial score (nSPS) is 15.8. The van der Waals surface area contributed by atoms with Crippen LogP contribution in [0.3, 0.4) is 0 Å². The maximum Gasteiger partial charge on any atom is 0.326 e. The first-order valence-corrected chi connectivity index (χ1v) is 5.91. The molecule has 1 aromatic heterocycles. The predicted octanol–water partition coefficient (Wildman–Crippen LogP) is 0.481. The van der Waals surface area contributed by atoms with Crippen LogP contribution in [-0.2, 0) is 9.59 Å². The minimum absolute atomic E-state index is 0.290. The van der Waals surface area contributed by atoms with Crippen LogP contribution in [0.25, 0.3) is 0 Å². The van der Waals surface area contributed by atoms with E-state index in [1.54, 1.807) is 22.9 Å². The molecule has 7 nitrogen and oxygen atoms in total. The predicted molar refractivity (Wildman–Crippen MR) is 63.8 cm³/mol. The van der Waals surface area contributed by atoms with Gasteiger partial charge in [-0.2, -0.15) is 0 Å². The molecule has 0 saturated heterocycles. The number of aromatic nitrogens is 1. The maximum atomic E-state index is 12.0. The topological polar surface area (TPSA) is 109 Å². The lowest BCUT2D eigenvalue weighted by Gasteiger charge is -2.13. The first-order valence-electron chi connectivity index (χ1n) is 5.91. The molecule has 1 aliphatic carbocycles. The van der Waals surface area contributed by atoms with Crippen LogP contribution < -0.4 is 5.32 Å². The minimum Gasteiger partial charge on any atom is -0.481 e. The zero-order valence-corrected chi connectivity index (χ0v) is 10.1. The highest BCUT2D eigenvalue weighted by Gasteiger charge is 2.29. The zero-order chi connectivity index (χ0) is 14.0. The van der Waals surface area contributed by atoms with E-state index in [1.165, 1.54) is 0 Å². The van der Waals surface area contributed by atoms with E-state index in [0.717, 1.165) is 12.8 Å². The summed E-state index contributed by atoms with van der Waals surface area (Å²) in [7, 11) is 0. The van der Waals surface area contributed by atoms with Crippen molar-refractivity contribution in [2.24, 2.45) is 0 Å². The molecule has 0 unspecified atom stereocenters. The first kappa shape index (κ1) is 13.1. The van der Waals surface area contributed by atoms with Crippen LogP contribution >= 0.6 is 0 Å². The highest BCUT2D eigenvalue weighted by molar-refractivity contribution is 5.96. The molecule has 1 amide bonds. The third-order valence-electron chi connectivity index (χ3n) is 2.93. The Morgan fingerprint density at radius 2 is 2.05 bits per heavy atom. The average Bonchev–Trinajstić information content (AvgIpc) is 3.05. The number of rotatable bonds is 6. The van der Waals surface area contributed by atoms with Gasteiger partial charge in [0.1, 0.15) is 11.7 Å². The average molecular weight is 266 g/mol. The van der Waals surface area contributed by atoms with E-state index >= 15 is 0 Å². The molecule has 7 heteroatoms. The summed E-state index contributed by atoms with van der Waals surface area (Å²) in [4.78, 5) is 33.4. The third kappa shape index (κ3) is 3.12. The van der Waals surface area contributed by atoms with Crippen LogP contribution in [0, 0.1) is 0 Å². The molecule has 1 aromatic rings. The third-order valence-corrected chi connectivity index (χ3v) is 2.93. The highest BCUT2D eigenvalue weighted by atomic mass is 16.4. The molecule has 1 saturated carbocycles. The molecular formula is C12H14N2O5. The van der Waals surface area contributed by atoms with Crippen LogP contribution in [0.4, 0.5) is 0 Å². The SMILES string of the molecule is O=C(O)C[C@@H](NC(=O)c1cccn1C1CC1)C(=O)O. The Morgan fingerprint density at radius 1 is 1.37 bits per heavy atom. The Morgan fingerprint density at radius 3 is 2.58 bits per heavy atom. The summed E-state index contributed by atoms with van der Waals surface area (Å²) in [6.07, 6.45) is 3.10. The van der Waals surface area contributed by atoms with Crippen LogP contribution in [0.5, 0.6) is 0 Å². The lowest BCUT2D eigenvalue weighted by Crippen LogP contribution is -2.42. The Hall–Kier alpha value is -2.31. The molecule has 102 valence electrons.